The highest BCUT2D eigenvalue weighted by molar-refractivity contribution is 6.07. The number of hydrogen-bond donors (Lipinski definition) is 1. The first-order valence-electron chi connectivity index (χ1n) is 6.49. The molecule has 1 aromatic heterocycles. The smallest absolute Gasteiger partial charge is 0.335 e. The third kappa shape index (κ3) is 2.30. The van der Waals surface area contributed by atoms with Gasteiger partial charge in [0.1, 0.15) is 6.26 Å². The van der Waals surface area contributed by atoms with Gasteiger partial charge in [0.2, 0.25) is 0 Å². The van der Waals surface area contributed by atoms with Gasteiger partial charge in [-0.05, 0) is 24.6 Å². The minimum atomic E-state index is -0.459. The van der Waals surface area contributed by atoms with Crippen LogP contribution >= 0.6 is 0 Å². The van der Waals surface area contributed by atoms with Crippen molar-refractivity contribution in [3.05, 3.63) is 58.6 Å². The standard InChI is InChI=1S/C15H14N2O3/c18-14-7-6-11(10-20-14)15(19)17-9-3-8-16-12-4-1-2-5-13(12)17/h1-2,4-7,10,16H,3,8-9H2. The van der Waals surface area contributed by atoms with Crippen LogP contribution in [0.1, 0.15) is 16.8 Å². The van der Waals surface area contributed by atoms with Crippen molar-refractivity contribution in [3.8, 4) is 0 Å². The van der Waals surface area contributed by atoms with E-state index >= 15 is 0 Å². The summed E-state index contributed by atoms with van der Waals surface area (Å²) >= 11 is 0. The highest BCUT2D eigenvalue weighted by Crippen LogP contribution is 2.29. The van der Waals surface area contributed by atoms with Crippen LogP contribution in [-0.4, -0.2) is 19.0 Å². The minimum absolute atomic E-state index is 0.162. The molecule has 1 aromatic carbocycles. The number of para-hydroxylation sites is 2. The SMILES string of the molecule is O=C(c1ccc(=O)oc1)N1CCCNc2ccccc21. The number of amides is 1. The molecule has 0 unspecified atom stereocenters. The molecule has 5 nitrogen and oxygen atoms in total. The van der Waals surface area contributed by atoms with Crippen LogP contribution < -0.4 is 15.8 Å². The van der Waals surface area contributed by atoms with Gasteiger partial charge in [0.15, 0.2) is 0 Å². The van der Waals surface area contributed by atoms with Crippen LogP contribution in [-0.2, 0) is 0 Å². The van der Waals surface area contributed by atoms with E-state index in [0.29, 0.717) is 12.1 Å². The molecule has 0 atom stereocenters. The van der Waals surface area contributed by atoms with Crippen molar-refractivity contribution in [1.82, 2.24) is 0 Å². The molecule has 20 heavy (non-hydrogen) atoms. The third-order valence-electron chi connectivity index (χ3n) is 3.26. The van der Waals surface area contributed by atoms with Crippen molar-refractivity contribution in [2.75, 3.05) is 23.3 Å². The number of anilines is 2. The van der Waals surface area contributed by atoms with Crippen LogP contribution in [0.3, 0.4) is 0 Å². The molecule has 0 aliphatic carbocycles. The van der Waals surface area contributed by atoms with Crippen LogP contribution in [0.5, 0.6) is 0 Å². The zero-order chi connectivity index (χ0) is 13.9. The molecule has 0 radical (unpaired) electrons. The molecule has 0 bridgehead atoms. The van der Waals surface area contributed by atoms with Crippen LogP contribution in [0.4, 0.5) is 11.4 Å². The van der Waals surface area contributed by atoms with Gasteiger partial charge in [0, 0.05) is 19.2 Å². The topological polar surface area (TPSA) is 62.6 Å². The van der Waals surface area contributed by atoms with E-state index in [0.717, 1.165) is 24.3 Å². The van der Waals surface area contributed by atoms with E-state index in [1.807, 2.05) is 24.3 Å². The second kappa shape index (κ2) is 5.21. The number of hydrogen-bond acceptors (Lipinski definition) is 4. The first kappa shape index (κ1) is 12.5. The molecule has 0 saturated heterocycles. The van der Waals surface area contributed by atoms with Crippen molar-refractivity contribution in [3.63, 3.8) is 0 Å². The van der Waals surface area contributed by atoms with E-state index in [4.69, 9.17) is 4.42 Å². The Morgan fingerprint density at radius 3 is 2.85 bits per heavy atom. The molecule has 1 N–H and O–H groups in total. The maximum atomic E-state index is 12.6. The van der Waals surface area contributed by atoms with Crippen LogP contribution in [0.2, 0.25) is 0 Å². The molecular formula is C15H14N2O3. The van der Waals surface area contributed by atoms with Gasteiger partial charge >= 0.3 is 5.63 Å². The van der Waals surface area contributed by atoms with E-state index < -0.39 is 5.63 Å². The van der Waals surface area contributed by atoms with Crippen molar-refractivity contribution >= 4 is 17.3 Å². The molecule has 3 rings (SSSR count). The van der Waals surface area contributed by atoms with Gasteiger partial charge in [-0.3, -0.25) is 4.79 Å². The lowest BCUT2D eigenvalue weighted by atomic mass is 10.2. The van der Waals surface area contributed by atoms with Gasteiger partial charge in [0.05, 0.1) is 16.9 Å². The molecule has 2 heterocycles. The molecule has 1 aliphatic heterocycles. The number of carbonyl (C=O) groups is 1. The highest BCUT2D eigenvalue weighted by atomic mass is 16.4. The number of benzene rings is 1. The van der Waals surface area contributed by atoms with E-state index in [1.165, 1.54) is 18.4 Å². The summed E-state index contributed by atoms with van der Waals surface area (Å²) in [6, 6.07) is 10.4. The summed E-state index contributed by atoms with van der Waals surface area (Å²) in [7, 11) is 0. The molecule has 0 saturated carbocycles. The Morgan fingerprint density at radius 1 is 1.20 bits per heavy atom. The van der Waals surface area contributed by atoms with Crippen molar-refractivity contribution in [1.29, 1.82) is 0 Å². The maximum absolute atomic E-state index is 12.6. The predicted molar refractivity (Wildman–Crippen MR) is 76.2 cm³/mol. The second-order valence-electron chi connectivity index (χ2n) is 4.60. The summed E-state index contributed by atoms with van der Waals surface area (Å²) < 4.78 is 4.77. The third-order valence-corrected chi connectivity index (χ3v) is 3.26. The fourth-order valence-corrected chi connectivity index (χ4v) is 2.29. The number of fused-ring (bicyclic) bond motifs is 1. The molecule has 2 aromatic rings. The summed E-state index contributed by atoms with van der Waals surface area (Å²) in [6.45, 7) is 1.45. The second-order valence-corrected chi connectivity index (χ2v) is 4.60. The fraction of sp³-hybridized carbons (Fsp3) is 0.200. The minimum Gasteiger partial charge on any atom is -0.430 e. The first-order valence-corrected chi connectivity index (χ1v) is 6.49. The molecule has 102 valence electrons. The zero-order valence-electron chi connectivity index (χ0n) is 10.8. The van der Waals surface area contributed by atoms with Gasteiger partial charge in [-0.15, -0.1) is 0 Å². The Morgan fingerprint density at radius 2 is 2.05 bits per heavy atom. The largest absolute Gasteiger partial charge is 0.430 e. The van der Waals surface area contributed by atoms with Crippen molar-refractivity contribution in [2.24, 2.45) is 0 Å². The van der Waals surface area contributed by atoms with Crippen molar-refractivity contribution in [2.45, 2.75) is 6.42 Å². The average Bonchev–Trinajstić information content (AvgIpc) is 2.69. The Bertz CT molecular complexity index is 673. The Balaban J connectivity index is 1.99. The molecule has 0 spiro atoms. The number of nitrogens with zero attached hydrogens (tertiary/aromatic N) is 1. The molecule has 5 heteroatoms. The summed E-state index contributed by atoms with van der Waals surface area (Å²) in [4.78, 5) is 25.2. The Hall–Kier alpha value is -2.56. The van der Waals surface area contributed by atoms with Gasteiger partial charge in [-0.1, -0.05) is 12.1 Å². The summed E-state index contributed by atoms with van der Waals surface area (Å²) in [5.41, 5.74) is 1.71. The monoisotopic (exact) mass is 270 g/mol. The summed E-state index contributed by atoms with van der Waals surface area (Å²) in [5.74, 6) is -0.162. The van der Waals surface area contributed by atoms with Gasteiger partial charge < -0.3 is 14.6 Å². The summed E-state index contributed by atoms with van der Waals surface area (Å²) in [5, 5.41) is 3.30. The van der Waals surface area contributed by atoms with E-state index in [1.54, 1.807) is 4.90 Å². The number of rotatable bonds is 1. The number of carbonyl (C=O) groups excluding carboxylic acids is 1. The lowest BCUT2D eigenvalue weighted by Gasteiger charge is -2.22. The lowest BCUT2D eigenvalue weighted by molar-refractivity contribution is 0.0985. The molecule has 1 amide bonds. The van der Waals surface area contributed by atoms with Crippen LogP contribution in [0, 0.1) is 0 Å². The van der Waals surface area contributed by atoms with E-state index in [2.05, 4.69) is 5.32 Å². The normalized spacial score (nSPS) is 14.1. The highest BCUT2D eigenvalue weighted by Gasteiger charge is 2.22. The van der Waals surface area contributed by atoms with E-state index in [9.17, 15) is 9.59 Å². The quantitative estimate of drug-likeness (QED) is 0.862. The molecule has 1 aliphatic rings. The average molecular weight is 270 g/mol. The predicted octanol–water partition coefficient (Wildman–Crippen LogP) is 2.10. The molecule has 0 fully saturated rings. The van der Waals surface area contributed by atoms with Crippen LogP contribution in [0.25, 0.3) is 0 Å². The maximum Gasteiger partial charge on any atom is 0.335 e. The lowest BCUT2D eigenvalue weighted by Crippen LogP contribution is -2.31. The Labute approximate surface area is 115 Å². The zero-order valence-corrected chi connectivity index (χ0v) is 10.8. The van der Waals surface area contributed by atoms with E-state index in [-0.39, 0.29) is 5.91 Å². The fourth-order valence-electron chi connectivity index (χ4n) is 2.29. The summed E-state index contributed by atoms with van der Waals surface area (Å²) in [6.07, 6.45) is 2.07. The first-order chi connectivity index (χ1) is 9.75. The van der Waals surface area contributed by atoms with Crippen molar-refractivity contribution < 1.29 is 9.21 Å². The molecular weight excluding hydrogens is 256 g/mol. The van der Waals surface area contributed by atoms with Crippen LogP contribution in [0.15, 0.2) is 51.9 Å². The van der Waals surface area contributed by atoms with Gasteiger partial charge in [-0.25, -0.2) is 4.79 Å². The Kier molecular flexibility index (Phi) is 3.25. The van der Waals surface area contributed by atoms with Gasteiger partial charge in [0.25, 0.3) is 5.91 Å². The number of nitrogens with one attached hydrogen (secondary N) is 1. The van der Waals surface area contributed by atoms with Gasteiger partial charge in [-0.2, -0.15) is 0 Å².